The van der Waals surface area contributed by atoms with Gasteiger partial charge in [-0.25, -0.2) is 4.79 Å². The lowest BCUT2D eigenvalue weighted by Crippen LogP contribution is -2.49. The molecule has 1 N–H and O–H groups in total. The topological polar surface area (TPSA) is 32.3 Å². The summed E-state index contributed by atoms with van der Waals surface area (Å²) in [6.45, 7) is 8.77. The molecule has 1 aliphatic heterocycles. The molecular formula is C15H28N2O. The van der Waals surface area contributed by atoms with E-state index in [-0.39, 0.29) is 6.03 Å². The van der Waals surface area contributed by atoms with E-state index in [1.807, 2.05) is 4.90 Å². The second kappa shape index (κ2) is 5.50. The highest BCUT2D eigenvalue weighted by molar-refractivity contribution is 5.74. The highest BCUT2D eigenvalue weighted by Gasteiger charge is 2.30. The lowest BCUT2D eigenvalue weighted by molar-refractivity contribution is 0.154. The Morgan fingerprint density at radius 2 is 1.89 bits per heavy atom. The van der Waals surface area contributed by atoms with E-state index < -0.39 is 0 Å². The second-order valence-electron chi connectivity index (χ2n) is 7.08. The highest BCUT2D eigenvalue weighted by Crippen LogP contribution is 2.35. The van der Waals surface area contributed by atoms with Crippen molar-refractivity contribution in [2.45, 2.75) is 65.3 Å². The number of hydrogen-bond acceptors (Lipinski definition) is 1. The Morgan fingerprint density at radius 1 is 1.22 bits per heavy atom. The third-order valence-corrected chi connectivity index (χ3v) is 4.60. The average Bonchev–Trinajstić information content (AvgIpc) is 2.28. The summed E-state index contributed by atoms with van der Waals surface area (Å²) in [5.41, 5.74) is 0.395. The Kier molecular flexibility index (Phi) is 4.18. The Labute approximate surface area is 111 Å². The van der Waals surface area contributed by atoms with Crippen molar-refractivity contribution < 1.29 is 4.79 Å². The van der Waals surface area contributed by atoms with E-state index in [4.69, 9.17) is 0 Å². The van der Waals surface area contributed by atoms with Gasteiger partial charge in [0.2, 0.25) is 0 Å². The molecule has 2 aliphatic rings. The van der Waals surface area contributed by atoms with Crippen molar-refractivity contribution in [3.05, 3.63) is 0 Å². The lowest BCUT2D eigenvalue weighted by Gasteiger charge is -2.37. The van der Waals surface area contributed by atoms with E-state index in [0.29, 0.717) is 11.5 Å². The molecule has 0 radical (unpaired) electrons. The van der Waals surface area contributed by atoms with Crippen LogP contribution < -0.4 is 5.32 Å². The van der Waals surface area contributed by atoms with Crippen LogP contribution in [0, 0.1) is 11.3 Å². The van der Waals surface area contributed by atoms with Crippen LogP contribution in [0.25, 0.3) is 0 Å². The highest BCUT2D eigenvalue weighted by atomic mass is 16.2. The molecule has 1 saturated heterocycles. The Bertz CT molecular complexity index is 293. The summed E-state index contributed by atoms with van der Waals surface area (Å²) in [5.74, 6) is 0.780. The van der Waals surface area contributed by atoms with Crippen molar-refractivity contribution in [2.75, 3.05) is 13.1 Å². The fourth-order valence-corrected chi connectivity index (χ4v) is 3.30. The normalized spacial score (nSPS) is 29.1. The fraction of sp³-hybridized carbons (Fsp3) is 0.933. The molecule has 104 valence electrons. The van der Waals surface area contributed by atoms with E-state index in [1.165, 1.54) is 12.8 Å². The minimum atomic E-state index is 0.171. The molecule has 2 rings (SSSR count). The van der Waals surface area contributed by atoms with Crippen molar-refractivity contribution in [1.82, 2.24) is 10.2 Å². The van der Waals surface area contributed by atoms with Crippen LogP contribution in [0.15, 0.2) is 0 Å². The molecule has 2 fully saturated rings. The van der Waals surface area contributed by atoms with Gasteiger partial charge in [0, 0.05) is 19.1 Å². The summed E-state index contributed by atoms with van der Waals surface area (Å²) in [6, 6.07) is 0.560. The molecule has 3 heteroatoms. The minimum absolute atomic E-state index is 0.171. The third-order valence-electron chi connectivity index (χ3n) is 4.60. The van der Waals surface area contributed by atoms with Crippen molar-refractivity contribution in [2.24, 2.45) is 11.3 Å². The van der Waals surface area contributed by atoms with E-state index in [9.17, 15) is 4.79 Å². The maximum absolute atomic E-state index is 12.2. The second-order valence-corrected chi connectivity index (χ2v) is 7.08. The number of carbonyl (C=O) groups is 1. The number of hydrogen-bond donors (Lipinski definition) is 1. The first-order valence-electron chi connectivity index (χ1n) is 7.52. The molecule has 1 atom stereocenters. The summed E-state index contributed by atoms with van der Waals surface area (Å²) < 4.78 is 0. The van der Waals surface area contributed by atoms with Gasteiger partial charge < -0.3 is 10.2 Å². The van der Waals surface area contributed by atoms with Gasteiger partial charge in [-0.3, -0.25) is 0 Å². The number of carbonyl (C=O) groups excluding carboxylic acids is 1. The molecule has 0 aromatic heterocycles. The first-order chi connectivity index (χ1) is 8.46. The first kappa shape index (κ1) is 13.7. The van der Waals surface area contributed by atoms with Crippen LogP contribution in [0.2, 0.25) is 0 Å². The summed E-state index contributed by atoms with van der Waals surface area (Å²) in [4.78, 5) is 14.2. The molecule has 1 heterocycles. The molecule has 3 nitrogen and oxygen atoms in total. The van der Waals surface area contributed by atoms with Crippen LogP contribution in [0.1, 0.15) is 59.3 Å². The molecule has 0 bridgehead atoms. The quantitative estimate of drug-likeness (QED) is 0.762. The van der Waals surface area contributed by atoms with Crippen molar-refractivity contribution in [3.8, 4) is 0 Å². The Hall–Kier alpha value is -0.730. The summed E-state index contributed by atoms with van der Waals surface area (Å²) in [6.07, 6.45) is 7.13. The van der Waals surface area contributed by atoms with Gasteiger partial charge in [-0.2, -0.15) is 0 Å². The van der Waals surface area contributed by atoms with Gasteiger partial charge in [-0.1, -0.05) is 27.2 Å². The molecule has 2 amide bonds. The zero-order valence-electron chi connectivity index (χ0n) is 12.2. The predicted molar refractivity (Wildman–Crippen MR) is 74.5 cm³/mol. The predicted octanol–water partition coefficient (Wildman–Crippen LogP) is 3.40. The van der Waals surface area contributed by atoms with Crippen LogP contribution in [0.5, 0.6) is 0 Å². The van der Waals surface area contributed by atoms with Gasteiger partial charge in [0.25, 0.3) is 0 Å². The van der Waals surface area contributed by atoms with E-state index in [2.05, 4.69) is 26.1 Å². The third kappa shape index (κ3) is 3.63. The number of nitrogens with one attached hydrogen (secondary N) is 1. The smallest absolute Gasteiger partial charge is 0.317 e. The fourth-order valence-electron chi connectivity index (χ4n) is 3.30. The number of likely N-dealkylation sites (tertiary alicyclic amines) is 1. The molecule has 1 unspecified atom stereocenters. The maximum Gasteiger partial charge on any atom is 0.317 e. The SMILES string of the molecule is CC1CCN(C(=O)NC2CCCC(C)(C)C2)CC1. The van der Waals surface area contributed by atoms with Crippen molar-refractivity contribution in [3.63, 3.8) is 0 Å². The zero-order chi connectivity index (χ0) is 13.2. The van der Waals surface area contributed by atoms with Gasteiger partial charge in [-0.05, 0) is 43.4 Å². The number of amides is 2. The van der Waals surface area contributed by atoms with E-state index in [1.54, 1.807) is 0 Å². The molecule has 1 aliphatic carbocycles. The van der Waals surface area contributed by atoms with E-state index >= 15 is 0 Å². The minimum Gasteiger partial charge on any atom is -0.335 e. The molecule has 0 aromatic carbocycles. The van der Waals surface area contributed by atoms with Crippen molar-refractivity contribution >= 4 is 6.03 Å². The summed E-state index contributed by atoms with van der Waals surface area (Å²) >= 11 is 0. The molecule has 1 saturated carbocycles. The van der Waals surface area contributed by atoms with Crippen LogP contribution in [0.4, 0.5) is 4.79 Å². The van der Waals surface area contributed by atoms with Crippen LogP contribution in [-0.4, -0.2) is 30.1 Å². The molecule has 18 heavy (non-hydrogen) atoms. The molecule has 0 spiro atoms. The zero-order valence-corrected chi connectivity index (χ0v) is 12.2. The lowest BCUT2D eigenvalue weighted by atomic mass is 9.75. The van der Waals surface area contributed by atoms with Gasteiger partial charge in [0.15, 0.2) is 0 Å². The number of rotatable bonds is 1. The maximum atomic E-state index is 12.2. The Morgan fingerprint density at radius 3 is 2.50 bits per heavy atom. The molecule has 0 aromatic rings. The standard InChI is InChI=1S/C15H28N2O/c1-12-6-9-17(10-7-12)14(18)16-13-5-4-8-15(2,3)11-13/h12-13H,4-11H2,1-3H3,(H,16,18). The average molecular weight is 252 g/mol. The van der Waals surface area contributed by atoms with E-state index in [0.717, 1.165) is 44.7 Å². The van der Waals surface area contributed by atoms with Gasteiger partial charge in [0.1, 0.15) is 0 Å². The van der Waals surface area contributed by atoms with Gasteiger partial charge in [-0.15, -0.1) is 0 Å². The van der Waals surface area contributed by atoms with Crippen LogP contribution >= 0.6 is 0 Å². The number of urea groups is 1. The number of nitrogens with zero attached hydrogens (tertiary/aromatic N) is 1. The largest absolute Gasteiger partial charge is 0.335 e. The van der Waals surface area contributed by atoms with Gasteiger partial charge >= 0.3 is 6.03 Å². The Balaban J connectivity index is 1.80. The summed E-state index contributed by atoms with van der Waals surface area (Å²) in [7, 11) is 0. The molecular weight excluding hydrogens is 224 g/mol. The first-order valence-corrected chi connectivity index (χ1v) is 7.52. The summed E-state index contributed by atoms with van der Waals surface area (Å²) in [5, 5.41) is 3.25. The number of piperidine rings is 1. The monoisotopic (exact) mass is 252 g/mol. The van der Waals surface area contributed by atoms with Crippen LogP contribution in [-0.2, 0) is 0 Å². The van der Waals surface area contributed by atoms with Gasteiger partial charge in [0.05, 0.1) is 0 Å². The van der Waals surface area contributed by atoms with Crippen molar-refractivity contribution in [1.29, 1.82) is 0 Å². The van der Waals surface area contributed by atoms with Crippen LogP contribution in [0.3, 0.4) is 0 Å².